The van der Waals surface area contributed by atoms with Crippen LogP contribution in [0.15, 0.2) is 24.4 Å². The lowest BCUT2D eigenvalue weighted by Gasteiger charge is -2.40. The third-order valence-electron chi connectivity index (χ3n) is 3.25. The number of hydrogen-bond acceptors (Lipinski definition) is 5. The van der Waals surface area contributed by atoms with E-state index in [-0.39, 0.29) is 24.9 Å². The molecule has 0 bridgehead atoms. The van der Waals surface area contributed by atoms with Gasteiger partial charge < -0.3 is 15.6 Å². The van der Waals surface area contributed by atoms with E-state index in [1.54, 1.807) is 6.20 Å². The Hall–Kier alpha value is -1.01. The van der Waals surface area contributed by atoms with Crippen LogP contribution < -0.4 is 5.73 Å². The van der Waals surface area contributed by atoms with Crippen LogP contribution in [0.2, 0.25) is 0 Å². The Bertz CT molecular complexity index is 361. The molecule has 1 aromatic rings. The van der Waals surface area contributed by atoms with E-state index in [0.29, 0.717) is 13.1 Å². The number of pyridine rings is 1. The van der Waals surface area contributed by atoms with E-state index in [1.807, 2.05) is 25.1 Å². The summed E-state index contributed by atoms with van der Waals surface area (Å²) >= 11 is 0. The number of nitrogens with two attached hydrogens (primary N) is 1. The molecule has 3 unspecified atom stereocenters. The Kier molecular flexibility index (Phi) is 4.66. The number of rotatable bonds is 4. The normalized spacial score (nSPS) is 27.1. The summed E-state index contributed by atoms with van der Waals surface area (Å²) < 4.78 is 5.64. The molecule has 5 heteroatoms. The fourth-order valence-corrected chi connectivity index (χ4v) is 2.47. The fourth-order valence-electron chi connectivity index (χ4n) is 2.47. The Labute approximate surface area is 108 Å². The number of aliphatic hydroxyl groups excluding tert-OH is 1. The van der Waals surface area contributed by atoms with Crippen molar-refractivity contribution in [1.82, 2.24) is 9.88 Å². The van der Waals surface area contributed by atoms with Crippen LogP contribution in [0, 0.1) is 0 Å². The molecule has 0 amide bonds. The van der Waals surface area contributed by atoms with Crippen LogP contribution in [0.1, 0.15) is 18.7 Å². The standard InChI is InChI=1S/C13H21N3O2/c1-10-7-16(8-11(9-17)18-10)13(6-14)12-4-2-3-5-15-12/h2-5,10-11,13,17H,6-9,14H2,1H3. The van der Waals surface area contributed by atoms with Crippen molar-refractivity contribution in [1.29, 1.82) is 0 Å². The molecule has 1 aliphatic rings. The number of morpholine rings is 1. The lowest BCUT2D eigenvalue weighted by atomic mass is 10.1. The maximum atomic E-state index is 9.25. The molecule has 100 valence electrons. The maximum Gasteiger partial charge on any atom is 0.0936 e. The average molecular weight is 251 g/mol. The average Bonchev–Trinajstić information content (AvgIpc) is 2.40. The smallest absolute Gasteiger partial charge is 0.0936 e. The highest BCUT2D eigenvalue weighted by molar-refractivity contribution is 5.10. The van der Waals surface area contributed by atoms with Gasteiger partial charge in [-0.25, -0.2) is 0 Å². The monoisotopic (exact) mass is 251 g/mol. The van der Waals surface area contributed by atoms with Crippen LogP contribution >= 0.6 is 0 Å². The molecule has 2 rings (SSSR count). The second-order valence-corrected chi connectivity index (χ2v) is 4.71. The van der Waals surface area contributed by atoms with Gasteiger partial charge in [-0.2, -0.15) is 0 Å². The maximum absolute atomic E-state index is 9.25. The Morgan fingerprint density at radius 1 is 1.56 bits per heavy atom. The van der Waals surface area contributed by atoms with Gasteiger partial charge in [0.05, 0.1) is 30.6 Å². The Morgan fingerprint density at radius 3 is 3.00 bits per heavy atom. The highest BCUT2D eigenvalue weighted by atomic mass is 16.5. The lowest BCUT2D eigenvalue weighted by molar-refractivity contribution is -0.105. The van der Waals surface area contributed by atoms with Crippen LogP contribution in [0.25, 0.3) is 0 Å². The zero-order valence-electron chi connectivity index (χ0n) is 10.7. The highest BCUT2D eigenvalue weighted by Gasteiger charge is 2.30. The quantitative estimate of drug-likeness (QED) is 0.798. The number of ether oxygens (including phenoxy) is 1. The van der Waals surface area contributed by atoms with Gasteiger partial charge in [0.25, 0.3) is 0 Å². The van der Waals surface area contributed by atoms with E-state index in [2.05, 4.69) is 9.88 Å². The molecular formula is C13H21N3O2. The number of hydrogen-bond donors (Lipinski definition) is 2. The summed E-state index contributed by atoms with van der Waals surface area (Å²) in [6.45, 7) is 4.08. The third-order valence-corrected chi connectivity index (χ3v) is 3.25. The first-order valence-electron chi connectivity index (χ1n) is 6.36. The minimum absolute atomic E-state index is 0.0420. The van der Waals surface area contributed by atoms with E-state index in [1.165, 1.54) is 0 Å². The summed E-state index contributed by atoms with van der Waals surface area (Å²) in [5, 5.41) is 9.25. The summed E-state index contributed by atoms with van der Waals surface area (Å²) in [6, 6.07) is 5.95. The van der Waals surface area contributed by atoms with Crippen molar-refractivity contribution in [2.75, 3.05) is 26.2 Å². The Morgan fingerprint density at radius 2 is 2.39 bits per heavy atom. The van der Waals surface area contributed by atoms with Gasteiger partial charge in [-0.05, 0) is 19.1 Å². The molecule has 0 aliphatic carbocycles. The SMILES string of the molecule is CC1CN(C(CN)c2ccccn2)CC(CO)O1. The second-order valence-electron chi connectivity index (χ2n) is 4.71. The van der Waals surface area contributed by atoms with Gasteiger partial charge in [-0.3, -0.25) is 9.88 Å². The van der Waals surface area contributed by atoms with Crippen molar-refractivity contribution in [3.63, 3.8) is 0 Å². The predicted octanol–water partition coefficient (Wildman–Crippen LogP) is 0.163. The van der Waals surface area contributed by atoms with Crippen LogP contribution in [0.4, 0.5) is 0 Å². The van der Waals surface area contributed by atoms with Gasteiger partial charge in [0, 0.05) is 25.8 Å². The van der Waals surface area contributed by atoms with Crippen LogP contribution in [0.5, 0.6) is 0 Å². The molecule has 0 aromatic carbocycles. The fraction of sp³-hybridized carbons (Fsp3) is 0.615. The van der Waals surface area contributed by atoms with Gasteiger partial charge in [-0.1, -0.05) is 6.07 Å². The molecular weight excluding hydrogens is 230 g/mol. The first kappa shape index (κ1) is 13.4. The molecule has 2 heterocycles. The molecule has 0 spiro atoms. The number of nitrogens with zero attached hydrogens (tertiary/aromatic N) is 2. The molecule has 1 saturated heterocycles. The van der Waals surface area contributed by atoms with Crippen molar-refractivity contribution >= 4 is 0 Å². The van der Waals surface area contributed by atoms with Crippen molar-refractivity contribution in [3.05, 3.63) is 30.1 Å². The van der Waals surface area contributed by atoms with Crippen molar-refractivity contribution in [2.24, 2.45) is 5.73 Å². The third kappa shape index (κ3) is 3.05. The van der Waals surface area contributed by atoms with Crippen molar-refractivity contribution < 1.29 is 9.84 Å². The van der Waals surface area contributed by atoms with Gasteiger partial charge in [0.2, 0.25) is 0 Å². The topological polar surface area (TPSA) is 71.6 Å². The van der Waals surface area contributed by atoms with Gasteiger partial charge in [0.15, 0.2) is 0 Å². The van der Waals surface area contributed by atoms with Crippen LogP contribution in [0.3, 0.4) is 0 Å². The van der Waals surface area contributed by atoms with E-state index in [9.17, 15) is 5.11 Å². The first-order valence-corrected chi connectivity index (χ1v) is 6.36. The molecule has 3 atom stereocenters. The summed E-state index contributed by atoms with van der Waals surface area (Å²) in [4.78, 5) is 6.62. The first-order chi connectivity index (χ1) is 8.74. The van der Waals surface area contributed by atoms with E-state index in [0.717, 1.165) is 12.2 Å². The minimum atomic E-state index is -0.133. The van der Waals surface area contributed by atoms with Gasteiger partial charge in [0.1, 0.15) is 0 Å². The second kappa shape index (κ2) is 6.24. The molecule has 1 aromatic heterocycles. The number of aliphatic hydroxyl groups is 1. The van der Waals surface area contributed by atoms with Crippen LogP contribution in [-0.2, 0) is 4.74 Å². The predicted molar refractivity (Wildman–Crippen MR) is 69.0 cm³/mol. The van der Waals surface area contributed by atoms with Crippen molar-refractivity contribution in [2.45, 2.75) is 25.2 Å². The highest BCUT2D eigenvalue weighted by Crippen LogP contribution is 2.22. The van der Waals surface area contributed by atoms with E-state index >= 15 is 0 Å². The molecule has 5 nitrogen and oxygen atoms in total. The van der Waals surface area contributed by atoms with Crippen LogP contribution in [-0.4, -0.2) is 53.4 Å². The van der Waals surface area contributed by atoms with Gasteiger partial charge in [-0.15, -0.1) is 0 Å². The summed E-state index contributed by atoms with van der Waals surface area (Å²) in [6.07, 6.45) is 1.76. The molecule has 1 aliphatic heterocycles. The van der Waals surface area contributed by atoms with Gasteiger partial charge >= 0.3 is 0 Å². The zero-order chi connectivity index (χ0) is 13.0. The molecule has 0 saturated carbocycles. The van der Waals surface area contributed by atoms with Crippen molar-refractivity contribution in [3.8, 4) is 0 Å². The summed E-state index contributed by atoms with van der Waals surface area (Å²) in [5.41, 5.74) is 6.86. The number of aromatic nitrogens is 1. The molecule has 3 N–H and O–H groups in total. The zero-order valence-corrected chi connectivity index (χ0v) is 10.7. The largest absolute Gasteiger partial charge is 0.394 e. The van der Waals surface area contributed by atoms with E-state index in [4.69, 9.17) is 10.5 Å². The summed E-state index contributed by atoms with van der Waals surface area (Å²) in [7, 11) is 0. The molecule has 1 fully saturated rings. The minimum Gasteiger partial charge on any atom is -0.394 e. The lowest BCUT2D eigenvalue weighted by Crippen LogP contribution is -2.50. The van der Waals surface area contributed by atoms with E-state index < -0.39 is 0 Å². The Balaban J connectivity index is 2.12. The molecule has 18 heavy (non-hydrogen) atoms. The molecule has 0 radical (unpaired) electrons. The summed E-state index contributed by atoms with van der Waals surface area (Å²) in [5.74, 6) is 0.